The molecule has 2 aromatic carbocycles. The van der Waals surface area contributed by atoms with Crippen molar-refractivity contribution >= 4 is 24.2 Å². The predicted octanol–water partition coefficient (Wildman–Crippen LogP) is 4.09. The van der Waals surface area contributed by atoms with Crippen molar-refractivity contribution in [1.29, 1.82) is 0 Å². The minimum absolute atomic E-state index is 0.0694. The summed E-state index contributed by atoms with van der Waals surface area (Å²) >= 11 is 4.05. The highest BCUT2D eigenvalue weighted by Gasteiger charge is 2.22. The van der Waals surface area contributed by atoms with Crippen LogP contribution in [0, 0.1) is 30.2 Å². The van der Waals surface area contributed by atoms with Gasteiger partial charge in [0.2, 0.25) is 0 Å². The summed E-state index contributed by atoms with van der Waals surface area (Å²) in [6.45, 7) is 1.60. The Balaban J connectivity index is 2.43. The number of carbonyl (C=O) groups is 1. The highest BCUT2D eigenvalue weighted by molar-refractivity contribution is 7.80. The van der Waals surface area contributed by atoms with Crippen molar-refractivity contribution in [3.05, 3.63) is 58.7 Å². The van der Waals surface area contributed by atoms with Crippen LogP contribution in [-0.4, -0.2) is 5.91 Å². The number of carbonyl (C=O) groups excluding carboxylic acids is 1. The summed E-state index contributed by atoms with van der Waals surface area (Å²) in [5, 5.41) is 1.84. The van der Waals surface area contributed by atoms with Gasteiger partial charge in [0.05, 0.1) is 0 Å². The number of benzene rings is 2. The molecular formula is C14H9F4NOS. The van der Waals surface area contributed by atoms with Crippen molar-refractivity contribution in [2.45, 2.75) is 11.8 Å². The van der Waals surface area contributed by atoms with Gasteiger partial charge in [-0.15, -0.1) is 12.6 Å². The van der Waals surface area contributed by atoms with Gasteiger partial charge >= 0.3 is 0 Å². The van der Waals surface area contributed by atoms with Crippen molar-refractivity contribution in [2.75, 3.05) is 5.32 Å². The molecule has 0 aliphatic rings. The van der Waals surface area contributed by atoms with Crippen molar-refractivity contribution in [3.8, 4) is 0 Å². The number of hydrogen-bond acceptors (Lipinski definition) is 2. The molecule has 7 heteroatoms. The highest BCUT2D eigenvalue weighted by Crippen LogP contribution is 2.25. The second-order valence-corrected chi connectivity index (χ2v) is 4.81. The third-order valence-corrected chi connectivity index (χ3v) is 3.09. The second kappa shape index (κ2) is 5.77. The predicted molar refractivity (Wildman–Crippen MR) is 72.7 cm³/mol. The van der Waals surface area contributed by atoms with E-state index in [9.17, 15) is 22.4 Å². The van der Waals surface area contributed by atoms with Gasteiger partial charge in [-0.3, -0.25) is 4.79 Å². The van der Waals surface area contributed by atoms with Gasteiger partial charge in [-0.2, -0.15) is 0 Å². The van der Waals surface area contributed by atoms with Crippen LogP contribution in [0.3, 0.4) is 0 Å². The Bertz CT molecular complexity index is 707. The lowest BCUT2D eigenvalue weighted by molar-refractivity contribution is 0.102. The molecule has 0 spiro atoms. The molecule has 1 N–H and O–H groups in total. The Hall–Kier alpha value is -2.02. The molecule has 0 aromatic heterocycles. The van der Waals surface area contributed by atoms with E-state index in [0.29, 0.717) is 10.5 Å². The quantitative estimate of drug-likeness (QED) is 0.488. The van der Waals surface area contributed by atoms with E-state index in [4.69, 9.17) is 0 Å². The lowest BCUT2D eigenvalue weighted by Crippen LogP contribution is -2.17. The van der Waals surface area contributed by atoms with Crippen molar-refractivity contribution in [2.24, 2.45) is 0 Å². The largest absolute Gasteiger partial charge is 0.317 e. The highest BCUT2D eigenvalue weighted by atomic mass is 32.1. The van der Waals surface area contributed by atoms with E-state index in [1.54, 1.807) is 19.1 Å². The summed E-state index contributed by atoms with van der Waals surface area (Å²) < 4.78 is 53.1. The zero-order chi connectivity index (χ0) is 15.7. The number of anilines is 1. The fourth-order valence-corrected chi connectivity index (χ4v) is 1.92. The molecule has 2 nitrogen and oxygen atoms in total. The van der Waals surface area contributed by atoms with Gasteiger partial charge in [0.15, 0.2) is 23.3 Å². The maximum absolute atomic E-state index is 13.5. The van der Waals surface area contributed by atoms with Crippen LogP contribution in [0.15, 0.2) is 29.2 Å². The van der Waals surface area contributed by atoms with Gasteiger partial charge in [0.1, 0.15) is 5.69 Å². The molecule has 21 heavy (non-hydrogen) atoms. The first kappa shape index (κ1) is 15.4. The Morgan fingerprint density at radius 2 is 1.62 bits per heavy atom. The lowest BCUT2D eigenvalue weighted by atomic mass is 10.1. The van der Waals surface area contributed by atoms with E-state index in [1.165, 1.54) is 6.07 Å². The summed E-state index contributed by atoms with van der Waals surface area (Å²) in [5.74, 6) is -7.41. The topological polar surface area (TPSA) is 29.1 Å². The molecule has 1 amide bonds. The van der Waals surface area contributed by atoms with Gasteiger partial charge in [-0.25, -0.2) is 17.6 Å². The number of halogens is 4. The van der Waals surface area contributed by atoms with Crippen LogP contribution < -0.4 is 5.32 Å². The summed E-state index contributed by atoms with van der Waals surface area (Å²) in [7, 11) is 0. The van der Waals surface area contributed by atoms with Crippen LogP contribution in [0.1, 0.15) is 15.9 Å². The van der Waals surface area contributed by atoms with Gasteiger partial charge in [0.25, 0.3) is 5.91 Å². The zero-order valence-corrected chi connectivity index (χ0v) is 11.6. The van der Waals surface area contributed by atoms with E-state index in [2.05, 4.69) is 12.6 Å². The fraction of sp³-hybridized carbons (Fsp3) is 0.0714. The van der Waals surface area contributed by atoms with E-state index in [-0.39, 0.29) is 11.6 Å². The third kappa shape index (κ3) is 3.02. The average molecular weight is 315 g/mol. The Kier molecular flexibility index (Phi) is 4.22. The molecule has 110 valence electrons. The first-order valence-corrected chi connectivity index (χ1v) is 6.20. The fourth-order valence-electron chi connectivity index (χ4n) is 1.72. The van der Waals surface area contributed by atoms with Crippen LogP contribution in [0.4, 0.5) is 23.2 Å². The molecular weight excluding hydrogens is 306 g/mol. The van der Waals surface area contributed by atoms with E-state index < -0.39 is 34.9 Å². The molecule has 0 aliphatic carbocycles. The standard InChI is InChI=1S/C14H9F4NOS/c1-6-2-3-7(21)4-8(6)14(20)19-13-11(17)9(15)5-10(16)12(13)18/h2-5,21H,1H3,(H,19,20). The summed E-state index contributed by atoms with van der Waals surface area (Å²) in [4.78, 5) is 12.4. The van der Waals surface area contributed by atoms with E-state index in [0.717, 1.165) is 0 Å². The van der Waals surface area contributed by atoms with Crippen LogP contribution in [0.2, 0.25) is 0 Å². The smallest absolute Gasteiger partial charge is 0.256 e. The molecule has 0 unspecified atom stereocenters. The average Bonchev–Trinajstić information content (AvgIpc) is 2.43. The lowest BCUT2D eigenvalue weighted by Gasteiger charge is -2.11. The molecule has 0 radical (unpaired) electrons. The molecule has 0 bridgehead atoms. The first-order valence-electron chi connectivity index (χ1n) is 5.75. The van der Waals surface area contributed by atoms with Crippen molar-refractivity contribution < 1.29 is 22.4 Å². The molecule has 0 saturated heterocycles. The van der Waals surface area contributed by atoms with Crippen LogP contribution in [0.25, 0.3) is 0 Å². The summed E-state index contributed by atoms with van der Waals surface area (Å²) in [6.07, 6.45) is 0. The minimum atomic E-state index is -1.66. The number of thiol groups is 1. The number of aryl methyl sites for hydroxylation is 1. The van der Waals surface area contributed by atoms with Crippen molar-refractivity contribution in [1.82, 2.24) is 0 Å². The Morgan fingerprint density at radius 1 is 1.05 bits per heavy atom. The zero-order valence-electron chi connectivity index (χ0n) is 10.7. The van der Waals surface area contributed by atoms with E-state index >= 15 is 0 Å². The third-order valence-electron chi connectivity index (χ3n) is 2.82. The molecule has 0 aliphatic heterocycles. The number of rotatable bonds is 2. The normalized spacial score (nSPS) is 10.6. The molecule has 2 aromatic rings. The maximum atomic E-state index is 13.5. The second-order valence-electron chi connectivity index (χ2n) is 4.30. The summed E-state index contributed by atoms with van der Waals surface area (Å²) in [6, 6.07) is 4.65. The van der Waals surface area contributed by atoms with Gasteiger partial charge < -0.3 is 5.32 Å². The molecule has 0 heterocycles. The van der Waals surface area contributed by atoms with Crippen LogP contribution >= 0.6 is 12.6 Å². The SMILES string of the molecule is Cc1ccc(S)cc1C(=O)Nc1c(F)c(F)cc(F)c1F. The molecule has 2 rings (SSSR count). The number of hydrogen-bond donors (Lipinski definition) is 2. The molecule has 0 atom stereocenters. The Labute approximate surface area is 123 Å². The van der Waals surface area contributed by atoms with Crippen LogP contribution in [0.5, 0.6) is 0 Å². The van der Waals surface area contributed by atoms with Crippen LogP contribution in [-0.2, 0) is 0 Å². The van der Waals surface area contributed by atoms with Crippen molar-refractivity contribution in [3.63, 3.8) is 0 Å². The maximum Gasteiger partial charge on any atom is 0.256 e. The molecule has 0 saturated carbocycles. The van der Waals surface area contributed by atoms with Gasteiger partial charge in [-0.1, -0.05) is 6.07 Å². The first-order chi connectivity index (χ1) is 9.81. The molecule has 0 fully saturated rings. The minimum Gasteiger partial charge on any atom is -0.317 e. The van der Waals surface area contributed by atoms with E-state index in [1.807, 2.05) is 5.32 Å². The van der Waals surface area contributed by atoms with Gasteiger partial charge in [-0.05, 0) is 24.6 Å². The monoisotopic (exact) mass is 315 g/mol. The number of nitrogens with one attached hydrogen (secondary N) is 1. The number of amides is 1. The van der Waals surface area contributed by atoms with Gasteiger partial charge in [0, 0.05) is 16.5 Å². The summed E-state index contributed by atoms with van der Waals surface area (Å²) in [5.41, 5.74) is -0.560. The Morgan fingerprint density at radius 3 is 2.19 bits per heavy atom.